The van der Waals surface area contributed by atoms with Crippen LogP contribution in [0.25, 0.3) is 11.0 Å². The van der Waals surface area contributed by atoms with Crippen LogP contribution in [0.2, 0.25) is 0 Å². The molecule has 3 heteroatoms. The molecule has 0 spiro atoms. The molecule has 2 unspecified atom stereocenters. The Morgan fingerprint density at radius 1 is 1.26 bits per heavy atom. The lowest BCUT2D eigenvalue weighted by Gasteiger charge is -2.19. The average Bonchev–Trinajstić information content (AvgIpc) is 2.83. The van der Waals surface area contributed by atoms with E-state index in [0.29, 0.717) is 0 Å². The zero-order chi connectivity index (χ0) is 13.8. The SMILES string of the molecule is CCc1c(C(C)NC(CC)CO)oc2ccccc12. The maximum absolute atomic E-state index is 9.29. The Labute approximate surface area is 114 Å². The van der Waals surface area contributed by atoms with Gasteiger partial charge in [-0.25, -0.2) is 0 Å². The first-order valence-corrected chi connectivity index (χ1v) is 7.08. The van der Waals surface area contributed by atoms with Crippen molar-refractivity contribution in [2.45, 2.75) is 45.7 Å². The second kappa shape index (κ2) is 6.22. The smallest absolute Gasteiger partial charge is 0.134 e. The van der Waals surface area contributed by atoms with Gasteiger partial charge in [0.2, 0.25) is 0 Å². The molecule has 1 aromatic carbocycles. The number of furan rings is 1. The van der Waals surface area contributed by atoms with Gasteiger partial charge >= 0.3 is 0 Å². The monoisotopic (exact) mass is 261 g/mol. The molecule has 0 aliphatic rings. The van der Waals surface area contributed by atoms with E-state index in [1.54, 1.807) is 0 Å². The van der Waals surface area contributed by atoms with Gasteiger partial charge in [0.15, 0.2) is 0 Å². The number of aliphatic hydroxyl groups is 1. The molecule has 19 heavy (non-hydrogen) atoms. The van der Waals surface area contributed by atoms with Gasteiger partial charge in [0, 0.05) is 17.0 Å². The summed E-state index contributed by atoms with van der Waals surface area (Å²) in [5, 5.41) is 13.9. The number of hydrogen-bond acceptors (Lipinski definition) is 3. The van der Waals surface area contributed by atoms with Crippen LogP contribution in [-0.2, 0) is 6.42 Å². The van der Waals surface area contributed by atoms with Crippen molar-refractivity contribution < 1.29 is 9.52 Å². The Bertz CT molecular complexity index is 529. The lowest BCUT2D eigenvalue weighted by Crippen LogP contribution is -2.34. The predicted octanol–water partition coefficient (Wildman–Crippen LogP) is 3.42. The minimum atomic E-state index is 0.111. The second-order valence-electron chi connectivity index (χ2n) is 4.97. The normalized spacial score (nSPS) is 14.7. The fourth-order valence-corrected chi connectivity index (χ4v) is 2.56. The molecule has 0 aliphatic carbocycles. The van der Waals surface area contributed by atoms with Gasteiger partial charge in [-0.05, 0) is 25.8 Å². The Hall–Kier alpha value is -1.32. The highest BCUT2D eigenvalue weighted by atomic mass is 16.3. The first kappa shape index (κ1) is 14.1. The van der Waals surface area contributed by atoms with Gasteiger partial charge in [-0.3, -0.25) is 0 Å². The third-order valence-corrected chi connectivity index (χ3v) is 3.68. The third-order valence-electron chi connectivity index (χ3n) is 3.68. The lowest BCUT2D eigenvalue weighted by molar-refractivity contribution is 0.225. The zero-order valence-corrected chi connectivity index (χ0v) is 11.9. The van der Waals surface area contributed by atoms with E-state index in [-0.39, 0.29) is 18.7 Å². The summed E-state index contributed by atoms with van der Waals surface area (Å²) in [7, 11) is 0. The Kier molecular flexibility index (Phi) is 4.61. The van der Waals surface area contributed by atoms with Gasteiger partial charge in [-0.2, -0.15) is 0 Å². The van der Waals surface area contributed by atoms with E-state index in [1.165, 1.54) is 10.9 Å². The van der Waals surface area contributed by atoms with Gasteiger partial charge in [-0.15, -0.1) is 0 Å². The van der Waals surface area contributed by atoms with E-state index in [9.17, 15) is 5.11 Å². The fraction of sp³-hybridized carbons (Fsp3) is 0.500. The topological polar surface area (TPSA) is 45.4 Å². The fourth-order valence-electron chi connectivity index (χ4n) is 2.56. The summed E-state index contributed by atoms with van der Waals surface area (Å²) < 4.78 is 6.00. The van der Waals surface area contributed by atoms with E-state index in [4.69, 9.17) is 4.42 Å². The van der Waals surface area contributed by atoms with Crippen LogP contribution in [0.3, 0.4) is 0 Å². The van der Waals surface area contributed by atoms with Crippen LogP contribution >= 0.6 is 0 Å². The van der Waals surface area contributed by atoms with Crippen LogP contribution in [-0.4, -0.2) is 17.8 Å². The number of hydrogen-bond donors (Lipinski definition) is 2. The van der Waals surface area contributed by atoms with E-state index in [1.807, 2.05) is 18.2 Å². The maximum atomic E-state index is 9.29. The number of fused-ring (bicyclic) bond motifs is 1. The summed E-state index contributed by atoms with van der Waals surface area (Å²) in [6, 6.07) is 8.38. The van der Waals surface area contributed by atoms with Crippen molar-refractivity contribution in [3.8, 4) is 0 Å². The number of aryl methyl sites for hydroxylation is 1. The van der Waals surface area contributed by atoms with E-state index < -0.39 is 0 Å². The molecule has 0 fully saturated rings. The Balaban J connectivity index is 2.33. The highest BCUT2D eigenvalue weighted by Gasteiger charge is 2.19. The van der Waals surface area contributed by atoms with Crippen LogP contribution < -0.4 is 5.32 Å². The molecule has 1 aromatic heterocycles. The molecule has 0 amide bonds. The van der Waals surface area contributed by atoms with E-state index in [0.717, 1.165) is 24.2 Å². The van der Waals surface area contributed by atoms with Crippen molar-refractivity contribution >= 4 is 11.0 Å². The van der Waals surface area contributed by atoms with Crippen LogP contribution in [0.4, 0.5) is 0 Å². The maximum Gasteiger partial charge on any atom is 0.134 e. The largest absolute Gasteiger partial charge is 0.459 e. The predicted molar refractivity (Wildman–Crippen MR) is 78.3 cm³/mol. The van der Waals surface area contributed by atoms with Crippen molar-refractivity contribution in [3.63, 3.8) is 0 Å². The molecule has 0 saturated carbocycles. The van der Waals surface area contributed by atoms with E-state index in [2.05, 4.69) is 32.2 Å². The molecular formula is C16H23NO2. The molecule has 3 nitrogen and oxygen atoms in total. The molecule has 0 bridgehead atoms. The van der Waals surface area contributed by atoms with Crippen LogP contribution in [0.5, 0.6) is 0 Å². The zero-order valence-electron chi connectivity index (χ0n) is 11.9. The summed E-state index contributed by atoms with van der Waals surface area (Å²) >= 11 is 0. The molecule has 0 aliphatic heterocycles. The first-order chi connectivity index (χ1) is 9.21. The highest BCUT2D eigenvalue weighted by molar-refractivity contribution is 5.82. The van der Waals surface area contributed by atoms with Crippen molar-refractivity contribution in [2.24, 2.45) is 0 Å². The Morgan fingerprint density at radius 3 is 2.63 bits per heavy atom. The molecule has 2 rings (SSSR count). The van der Waals surface area contributed by atoms with Crippen molar-refractivity contribution in [1.82, 2.24) is 5.32 Å². The summed E-state index contributed by atoms with van der Waals surface area (Å²) in [5.41, 5.74) is 2.21. The lowest BCUT2D eigenvalue weighted by atomic mass is 10.0. The minimum Gasteiger partial charge on any atom is -0.459 e. The van der Waals surface area contributed by atoms with Crippen LogP contribution in [0.1, 0.15) is 44.6 Å². The summed E-state index contributed by atoms with van der Waals surface area (Å²) in [6.45, 7) is 6.47. The average molecular weight is 261 g/mol. The molecule has 104 valence electrons. The van der Waals surface area contributed by atoms with Gasteiger partial charge in [0.05, 0.1) is 12.6 Å². The molecule has 2 atom stereocenters. The molecule has 2 aromatic rings. The quantitative estimate of drug-likeness (QED) is 0.837. The molecule has 1 heterocycles. The van der Waals surface area contributed by atoms with Crippen molar-refractivity contribution in [3.05, 3.63) is 35.6 Å². The number of benzene rings is 1. The highest BCUT2D eigenvalue weighted by Crippen LogP contribution is 2.30. The van der Waals surface area contributed by atoms with Crippen molar-refractivity contribution in [1.29, 1.82) is 0 Å². The molecule has 2 N–H and O–H groups in total. The number of nitrogens with one attached hydrogen (secondary N) is 1. The van der Waals surface area contributed by atoms with E-state index >= 15 is 0 Å². The number of para-hydroxylation sites is 1. The standard InChI is InChI=1S/C16H23NO2/c1-4-12(10-18)17-11(3)16-13(5-2)14-8-6-7-9-15(14)19-16/h6-9,11-12,17-18H,4-5,10H2,1-3H3. The number of aliphatic hydroxyl groups excluding tert-OH is 1. The molecule has 0 saturated heterocycles. The van der Waals surface area contributed by atoms with Gasteiger partial charge in [0.25, 0.3) is 0 Å². The Morgan fingerprint density at radius 2 is 2.00 bits per heavy atom. The summed E-state index contributed by atoms with van der Waals surface area (Å²) in [6.07, 6.45) is 1.86. The summed E-state index contributed by atoms with van der Waals surface area (Å²) in [4.78, 5) is 0. The summed E-state index contributed by atoms with van der Waals surface area (Å²) in [5.74, 6) is 0.996. The van der Waals surface area contributed by atoms with Crippen LogP contribution in [0.15, 0.2) is 28.7 Å². The van der Waals surface area contributed by atoms with Crippen LogP contribution in [0, 0.1) is 0 Å². The minimum absolute atomic E-state index is 0.111. The third kappa shape index (κ3) is 2.82. The van der Waals surface area contributed by atoms with Crippen molar-refractivity contribution in [2.75, 3.05) is 6.61 Å². The van der Waals surface area contributed by atoms with Gasteiger partial charge in [-0.1, -0.05) is 32.0 Å². The van der Waals surface area contributed by atoms with Gasteiger partial charge in [0.1, 0.15) is 11.3 Å². The number of rotatable bonds is 6. The first-order valence-electron chi connectivity index (χ1n) is 7.08. The van der Waals surface area contributed by atoms with Gasteiger partial charge < -0.3 is 14.8 Å². The second-order valence-corrected chi connectivity index (χ2v) is 4.97. The molecular weight excluding hydrogens is 238 g/mol. The molecule has 0 radical (unpaired) electrons.